The van der Waals surface area contributed by atoms with Gasteiger partial charge in [-0.05, 0) is 42.9 Å². The summed E-state index contributed by atoms with van der Waals surface area (Å²) in [6.07, 6.45) is 5.70. The highest BCUT2D eigenvalue weighted by atomic mass is 16.6. The van der Waals surface area contributed by atoms with Gasteiger partial charge in [-0.3, -0.25) is 4.79 Å². The molecule has 1 atom stereocenters. The summed E-state index contributed by atoms with van der Waals surface area (Å²) < 4.78 is 11.3. The zero-order chi connectivity index (χ0) is 15.4. The highest BCUT2D eigenvalue weighted by molar-refractivity contribution is 5.84. The van der Waals surface area contributed by atoms with E-state index in [0.717, 1.165) is 42.9 Å². The van der Waals surface area contributed by atoms with E-state index in [9.17, 15) is 4.79 Å². The average molecular weight is 303 g/mol. The largest absolute Gasteiger partial charge is 0.486 e. The number of nitrogens with one attached hydrogen (secondary N) is 1. The molecule has 1 heterocycles. The van der Waals surface area contributed by atoms with Crippen molar-refractivity contribution in [3.63, 3.8) is 0 Å². The van der Waals surface area contributed by atoms with E-state index in [-0.39, 0.29) is 11.8 Å². The molecule has 22 heavy (non-hydrogen) atoms. The number of carbonyl (C=O) groups excluding carboxylic acids is 1. The Hall–Kier alpha value is -1.71. The summed E-state index contributed by atoms with van der Waals surface area (Å²) in [5, 5.41) is 3.08. The third-order valence-electron chi connectivity index (χ3n) is 4.63. The van der Waals surface area contributed by atoms with Crippen LogP contribution in [0.15, 0.2) is 18.2 Å². The molecule has 2 aliphatic rings. The van der Waals surface area contributed by atoms with Crippen molar-refractivity contribution < 1.29 is 14.3 Å². The summed E-state index contributed by atoms with van der Waals surface area (Å²) >= 11 is 0. The first-order valence-electron chi connectivity index (χ1n) is 8.47. The van der Waals surface area contributed by atoms with Crippen molar-refractivity contribution in [2.75, 3.05) is 19.8 Å². The second-order valence-corrected chi connectivity index (χ2v) is 6.22. The molecule has 1 aliphatic carbocycles. The molecule has 3 rings (SSSR count). The molecule has 1 unspecified atom stereocenters. The van der Waals surface area contributed by atoms with Gasteiger partial charge in [0.15, 0.2) is 11.5 Å². The van der Waals surface area contributed by atoms with Gasteiger partial charge in [0.05, 0.1) is 5.92 Å². The van der Waals surface area contributed by atoms with E-state index >= 15 is 0 Å². The van der Waals surface area contributed by atoms with Crippen molar-refractivity contribution in [3.05, 3.63) is 23.8 Å². The van der Waals surface area contributed by atoms with E-state index in [1.165, 1.54) is 12.8 Å². The van der Waals surface area contributed by atoms with Crippen LogP contribution in [0.5, 0.6) is 11.5 Å². The van der Waals surface area contributed by atoms with Crippen molar-refractivity contribution in [3.8, 4) is 11.5 Å². The van der Waals surface area contributed by atoms with Gasteiger partial charge in [0, 0.05) is 6.54 Å². The maximum Gasteiger partial charge on any atom is 0.227 e. The van der Waals surface area contributed by atoms with Gasteiger partial charge in [-0.2, -0.15) is 0 Å². The van der Waals surface area contributed by atoms with E-state index in [0.29, 0.717) is 19.1 Å². The molecule has 1 fully saturated rings. The number of rotatable bonds is 5. The monoisotopic (exact) mass is 303 g/mol. The van der Waals surface area contributed by atoms with Crippen LogP contribution in [-0.2, 0) is 4.79 Å². The zero-order valence-electron chi connectivity index (χ0n) is 13.3. The van der Waals surface area contributed by atoms with Crippen LogP contribution < -0.4 is 14.8 Å². The van der Waals surface area contributed by atoms with Crippen molar-refractivity contribution >= 4 is 5.91 Å². The Morgan fingerprint density at radius 1 is 1.23 bits per heavy atom. The lowest BCUT2D eigenvalue weighted by molar-refractivity contribution is -0.123. The van der Waals surface area contributed by atoms with Crippen LogP contribution in [0.1, 0.15) is 50.5 Å². The smallest absolute Gasteiger partial charge is 0.227 e. The predicted octanol–water partition coefficient (Wildman–Crippen LogP) is 3.26. The Morgan fingerprint density at radius 3 is 2.68 bits per heavy atom. The fourth-order valence-corrected chi connectivity index (χ4v) is 3.54. The molecule has 120 valence electrons. The standard InChI is InChI=1S/C18H25NO3/c1-2-9-19-18(20)17(13-5-3-4-6-13)14-7-8-15-16(12-14)22-11-10-21-15/h7-8,12-13,17H,2-6,9-11H2,1H3,(H,19,20). The number of carbonyl (C=O) groups is 1. The van der Waals surface area contributed by atoms with Crippen molar-refractivity contribution in [1.29, 1.82) is 0 Å². The Bertz CT molecular complexity index is 523. The van der Waals surface area contributed by atoms with E-state index in [1.807, 2.05) is 18.2 Å². The lowest BCUT2D eigenvalue weighted by Crippen LogP contribution is -2.33. The highest BCUT2D eigenvalue weighted by Crippen LogP contribution is 2.40. The quantitative estimate of drug-likeness (QED) is 0.908. The van der Waals surface area contributed by atoms with Gasteiger partial charge in [-0.1, -0.05) is 25.8 Å². The normalized spacial score (nSPS) is 19.0. The minimum Gasteiger partial charge on any atom is -0.486 e. The van der Waals surface area contributed by atoms with E-state index in [4.69, 9.17) is 9.47 Å². The van der Waals surface area contributed by atoms with E-state index in [1.54, 1.807) is 0 Å². The average Bonchev–Trinajstić information content (AvgIpc) is 3.07. The molecular formula is C18H25NO3. The minimum atomic E-state index is -0.0649. The van der Waals surface area contributed by atoms with Crippen molar-refractivity contribution in [2.24, 2.45) is 5.92 Å². The van der Waals surface area contributed by atoms with Crippen LogP contribution >= 0.6 is 0 Å². The van der Waals surface area contributed by atoms with E-state index < -0.39 is 0 Å². The van der Waals surface area contributed by atoms with Crippen LogP contribution in [0.2, 0.25) is 0 Å². The minimum absolute atomic E-state index is 0.0649. The molecule has 0 spiro atoms. The third-order valence-corrected chi connectivity index (χ3v) is 4.63. The first-order chi connectivity index (χ1) is 10.8. The van der Waals surface area contributed by atoms with Gasteiger partial charge in [-0.15, -0.1) is 0 Å². The summed E-state index contributed by atoms with van der Waals surface area (Å²) in [7, 11) is 0. The predicted molar refractivity (Wildman–Crippen MR) is 85.4 cm³/mol. The Morgan fingerprint density at radius 2 is 1.95 bits per heavy atom. The molecule has 1 amide bonds. The number of fused-ring (bicyclic) bond motifs is 1. The van der Waals surface area contributed by atoms with Crippen LogP contribution in [0.3, 0.4) is 0 Å². The molecule has 0 radical (unpaired) electrons. The lowest BCUT2D eigenvalue weighted by Gasteiger charge is -2.25. The van der Waals surface area contributed by atoms with E-state index in [2.05, 4.69) is 12.2 Å². The van der Waals surface area contributed by atoms with Crippen LogP contribution in [0.25, 0.3) is 0 Å². The van der Waals surface area contributed by atoms with Crippen LogP contribution in [0.4, 0.5) is 0 Å². The van der Waals surface area contributed by atoms with Gasteiger partial charge in [0.25, 0.3) is 0 Å². The van der Waals surface area contributed by atoms with Gasteiger partial charge >= 0.3 is 0 Å². The maximum atomic E-state index is 12.7. The first kappa shape index (κ1) is 15.2. The van der Waals surface area contributed by atoms with Gasteiger partial charge in [0.2, 0.25) is 5.91 Å². The molecule has 1 aromatic carbocycles. The summed E-state index contributed by atoms with van der Waals surface area (Å²) in [4.78, 5) is 12.7. The topological polar surface area (TPSA) is 47.6 Å². The Labute approximate surface area is 132 Å². The number of hydrogen-bond donors (Lipinski definition) is 1. The van der Waals surface area contributed by atoms with Crippen LogP contribution in [0, 0.1) is 5.92 Å². The molecular weight excluding hydrogens is 278 g/mol. The fourth-order valence-electron chi connectivity index (χ4n) is 3.54. The second kappa shape index (κ2) is 7.03. The highest BCUT2D eigenvalue weighted by Gasteiger charge is 2.32. The van der Waals surface area contributed by atoms with Gasteiger partial charge in [0.1, 0.15) is 13.2 Å². The SMILES string of the molecule is CCCNC(=O)C(c1ccc2c(c1)OCCO2)C1CCCC1. The molecule has 0 bridgehead atoms. The molecule has 0 saturated heterocycles. The number of ether oxygens (including phenoxy) is 2. The van der Waals surface area contributed by atoms with Crippen molar-refractivity contribution in [2.45, 2.75) is 44.9 Å². The molecule has 0 aromatic heterocycles. The zero-order valence-corrected chi connectivity index (χ0v) is 13.3. The Balaban J connectivity index is 1.85. The van der Waals surface area contributed by atoms with Gasteiger partial charge in [-0.25, -0.2) is 0 Å². The third kappa shape index (κ3) is 3.21. The number of benzene rings is 1. The fraction of sp³-hybridized carbons (Fsp3) is 0.611. The summed E-state index contributed by atoms with van der Waals surface area (Å²) in [5.41, 5.74) is 1.06. The summed E-state index contributed by atoms with van der Waals surface area (Å²) in [6, 6.07) is 5.98. The molecule has 1 aliphatic heterocycles. The summed E-state index contributed by atoms with van der Waals surface area (Å²) in [5.74, 6) is 2.10. The van der Waals surface area contributed by atoms with Crippen molar-refractivity contribution in [1.82, 2.24) is 5.32 Å². The second-order valence-electron chi connectivity index (χ2n) is 6.22. The molecule has 4 nitrogen and oxygen atoms in total. The molecule has 1 aromatic rings. The van der Waals surface area contributed by atoms with Crippen LogP contribution in [-0.4, -0.2) is 25.7 Å². The lowest BCUT2D eigenvalue weighted by atomic mass is 9.84. The van der Waals surface area contributed by atoms with Gasteiger partial charge < -0.3 is 14.8 Å². The molecule has 1 saturated carbocycles. The summed E-state index contributed by atoms with van der Waals surface area (Å²) in [6.45, 7) is 3.99. The number of hydrogen-bond acceptors (Lipinski definition) is 3. The molecule has 1 N–H and O–H groups in total. The Kier molecular flexibility index (Phi) is 4.86. The maximum absolute atomic E-state index is 12.7. The first-order valence-corrected chi connectivity index (χ1v) is 8.47. The number of amides is 1. The molecule has 4 heteroatoms.